The number of benzene rings is 1. The van der Waals surface area contributed by atoms with Crippen LogP contribution in [0.5, 0.6) is 5.75 Å². The second kappa shape index (κ2) is 7.44. The van der Waals surface area contributed by atoms with Gasteiger partial charge in [-0.3, -0.25) is 4.79 Å². The highest BCUT2D eigenvalue weighted by atomic mass is 16.5. The minimum absolute atomic E-state index is 0.514. The van der Waals surface area contributed by atoms with Gasteiger partial charge in [0.25, 0.3) is 5.91 Å². The molecule has 0 aliphatic carbocycles. The Morgan fingerprint density at radius 1 is 1.27 bits per heavy atom. The summed E-state index contributed by atoms with van der Waals surface area (Å²) in [6.07, 6.45) is 0.215. The van der Waals surface area contributed by atoms with Crippen LogP contribution in [0.25, 0.3) is 0 Å². The van der Waals surface area contributed by atoms with E-state index in [0.717, 1.165) is 11.3 Å². The van der Waals surface area contributed by atoms with Gasteiger partial charge in [-0.05, 0) is 35.2 Å². The fourth-order valence-electron chi connectivity index (χ4n) is 1.72. The summed E-state index contributed by atoms with van der Waals surface area (Å²) < 4.78 is 5.04. The normalized spacial score (nSPS) is 12.7. The highest BCUT2D eigenvalue weighted by Crippen LogP contribution is 2.19. The van der Waals surface area contributed by atoms with Gasteiger partial charge in [-0.15, -0.1) is 0 Å². The monoisotopic (exact) mass is 307 g/mol. The van der Waals surface area contributed by atoms with Crippen molar-refractivity contribution in [1.82, 2.24) is 10.7 Å². The van der Waals surface area contributed by atoms with Crippen molar-refractivity contribution in [2.24, 2.45) is 10.5 Å². The van der Waals surface area contributed by atoms with E-state index in [1.165, 1.54) is 6.21 Å². The standard InChI is InChI=1S/C15H21N3O4/c1-15(2,3)12(17-14(20)21)13(19)18-16-9-10-5-7-11(22-4)8-6-10/h5-9,12,17H,1-4H3,(H,18,19)(H,20,21)/b16-9+/t12-/m1/s1. The molecule has 2 amide bonds. The van der Waals surface area contributed by atoms with Crippen molar-refractivity contribution in [3.05, 3.63) is 29.8 Å². The van der Waals surface area contributed by atoms with Gasteiger partial charge in [-0.1, -0.05) is 20.8 Å². The molecule has 1 rings (SSSR count). The van der Waals surface area contributed by atoms with E-state index >= 15 is 0 Å². The third-order valence-corrected chi connectivity index (χ3v) is 2.90. The van der Waals surface area contributed by atoms with Gasteiger partial charge in [0, 0.05) is 0 Å². The van der Waals surface area contributed by atoms with E-state index in [4.69, 9.17) is 9.84 Å². The molecule has 7 heteroatoms. The summed E-state index contributed by atoms with van der Waals surface area (Å²) in [5, 5.41) is 14.8. The smallest absolute Gasteiger partial charge is 0.405 e. The predicted octanol–water partition coefficient (Wildman–Crippen LogP) is 1.83. The second-order valence-electron chi connectivity index (χ2n) is 5.76. The highest BCUT2D eigenvalue weighted by Gasteiger charge is 2.32. The van der Waals surface area contributed by atoms with Gasteiger partial charge in [0.15, 0.2) is 0 Å². The molecule has 3 N–H and O–H groups in total. The first-order chi connectivity index (χ1) is 10.2. The van der Waals surface area contributed by atoms with Crippen LogP contribution in [-0.4, -0.2) is 36.5 Å². The Hall–Kier alpha value is -2.57. The average Bonchev–Trinajstić information content (AvgIpc) is 2.44. The molecule has 0 saturated heterocycles. The van der Waals surface area contributed by atoms with Gasteiger partial charge in [0.2, 0.25) is 0 Å². The highest BCUT2D eigenvalue weighted by molar-refractivity contribution is 5.87. The van der Waals surface area contributed by atoms with Gasteiger partial charge in [-0.25, -0.2) is 10.2 Å². The number of rotatable bonds is 5. The summed E-state index contributed by atoms with van der Waals surface area (Å²) in [4.78, 5) is 22.8. The lowest BCUT2D eigenvalue weighted by Gasteiger charge is -2.28. The maximum Gasteiger partial charge on any atom is 0.405 e. The van der Waals surface area contributed by atoms with E-state index < -0.39 is 23.5 Å². The van der Waals surface area contributed by atoms with Crippen molar-refractivity contribution in [1.29, 1.82) is 0 Å². The number of carbonyl (C=O) groups excluding carboxylic acids is 1. The Labute approximate surface area is 129 Å². The number of methoxy groups -OCH3 is 1. The molecule has 1 atom stereocenters. The molecule has 0 aliphatic rings. The van der Waals surface area contributed by atoms with Crippen LogP contribution < -0.4 is 15.5 Å². The molecule has 1 aromatic carbocycles. The molecule has 0 radical (unpaired) electrons. The lowest BCUT2D eigenvalue weighted by Crippen LogP contribution is -2.52. The molecule has 7 nitrogen and oxygen atoms in total. The van der Waals surface area contributed by atoms with Crippen molar-refractivity contribution < 1.29 is 19.4 Å². The molecule has 0 aliphatic heterocycles. The van der Waals surface area contributed by atoms with E-state index in [1.807, 2.05) is 0 Å². The van der Waals surface area contributed by atoms with E-state index in [0.29, 0.717) is 0 Å². The van der Waals surface area contributed by atoms with Crippen LogP contribution in [0.2, 0.25) is 0 Å². The number of nitrogens with zero attached hydrogens (tertiary/aromatic N) is 1. The van der Waals surface area contributed by atoms with E-state index in [9.17, 15) is 9.59 Å². The van der Waals surface area contributed by atoms with Crippen molar-refractivity contribution in [2.75, 3.05) is 7.11 Å². The number of hydrogen-bond donors (Lipinski definition) is 3. The van der Waals surface area contributed by atoms with Gasteiger partial charge in [0.05, 0.1) is 13.3 Å². The Morgan fingerprint density at radius 3 is 2.32 bits per heavy atom. The quantitative estimate of drug-likeness (QED) is 0.570. The molecule has 0 saturated carbocycles. The molecule has 1 aromatic rings. The lowest BCUT2D eigenvalue weighted by molar-refractivity contribution is -0.125. The molecular formula is C15H21N3O4. The van der Waals surface area contributed by atoms with Crippen LogP contribution in [0.3, 0.4) is 0 Å². The number of carbonyl (C=O) groups is 2. The zero-order valence-electron chi connectivity index (χ0n) is 13.1. The fraction of sp³-hybridized carbons (Fsp3) is 0.400. The van der Waals surface area contributed by atoms with Crippen molar-refractivity contribution in [3.8, 4) is 5.75 Å². The van der Waals surface area contributed by atoms with Gasteiger partial charge in [-0.2, -0.15) is 5.10 Å². The molecule has 0 fully saturated rings. The molecule has 0 spiro atoms. The van der Waals surface area contributed by atoms with Crippen molar-refractivity contribution in [3.63, 3.8) is 0 Å². The molecule has 0 heterocycles. The fourth-order valence-corrected chi connectivity index (χ4v) is 1.72. The average molecular weight is 307 g/mol. The third kappa shape index (κ3) is 5.43. The van der Waals surface area contributed by atoms with E-state index in [2.05, 4.69) is 15.8 Å². The van der Waals surface area contributed by atoms with Crippen LogP contribution in [0, 0.1) is 5.41 Å². The molecule has 0 bridgehead atoms. The molecular weight excluding hydrogens is 286 g/mol. The number of hydrogen-bond acceptors (Lipinski definition) is 4. The SMILES string of the molecule is COc1ccc(/C=N/NC(=O)[C@@H](NC(=O)O)C(C)(C)C)cc1. The molecule has 0 aromatic heterocycles. The maximum atomic E-state index is 12.0. The van der Waals surface area contributed by atoms with Gasteiger partial charge < -0.3 is 15.2 Å². The Balaban J connectivity index is 2.69. The summed E-state index contributed by atoms with van der Waals surface area (Å²) in [7, 11) is 1.57. The van der Waals surface area contributed by atoms with E-state index in [1.54, 1.807) is 52.1 Å². The molecule has 22 heavy (non-hydrogen) atoms. The predicted molar refractivity (Wildman–Crippen MR) is 83.1 cm³/mol. The van der Waals surface area contributed by atoms with Gasteiger partial charge >= 0.3 is 6.09 Å². The third-order valence-electron chi connectivity index (χ3n) is 2.90. The topological polar surface area (TPSA) is 100 Å². The molecule has 0 unspecified atom stereocenters. The summed E-state index contributed by atoms with van der Waals surface area (Å²) >= 11 is 0. The number of carboxylic acid groups (broad SMARTS) is 1. The first-order valence-corrected chi connectivity index (χ1v) is 6.70. The maximum absolute atomic E-state index is 12.0. The summed E-state index contributed by atoms with van der Waals surface area (Å²) in [6.45, 7) is 5.29. The minimum atomic E-state index is -1.26. The first kappa shape index (κ1) is 17.5. The Kier molecular flexibility index (Phi) is 5.91. The minimum Gasteiger partial charge on any atom is -0.497 e. The van der Waals surface area contributed by atoms with Crippen molar-refractivity contribution in [2.45, 2.75) is 26.8 Å². The Bertz CT molecular complexity index is 547. The van der Waals surface area contributed by atoms with Crippen LogP contribution in [0.1, 0.15) is 26.3 Å². The van der Waals surface area contributed by atoms with E-state index in [-0.39, 0.29) is 0 Å². The lowest BCUT2D eigenvalue weighted by atomic mass is 9.86. The Morgan fingerprint density at radius 2 is 1.86 bits per heavy atom. The number of nitrogens with one attached hydrogen (secondary N) is 2. The van der Waals surface area contributed by atoms with Crippen LogP contribution in [0.4, 0.5) is 4.79 Å². The largest absolute Gasteiger partial charge is 0.497 e. The zero-order chi connectivity index (χ0) is 16.8. The van der Waals surface area contributed by atoms with Gasteiger partial charge in [0.1, 0.15) is 11.8 Å². The summed E-state index contributed by atoms with van der Waals surface area (Å²) in [5.74, 6) is 0.208. The van der Waals surface area contributed by atoms with Crippen LogP contribution >= 0.6 is 0 Å². The number of amides is 2. The number of ether oxygens (including phenoxy) is 1. The molecule has 120 valence electrons. The van der Waals surface area contributed by atoms with Crippen molar-refractivity contribution >= 4 is 18.2 Å². The second-order valence-corrected chi connectivity index (χ2v) is 5.76. The van der Waals surface area contributed by atoms with Crippen LogP contribution in [-0.2, 0) is 4.79 Å². The summed E-state index contributed by atoms with van der Waals surface area (Å²) in [6, 6.07) is 6.20. The first-order valence-electron chi connectivity index (χ1n) is 6.70. The zero-order valence-corrected chi connectivity index (χ0v) is 13.1. The number of hydrazone groups is 1. The van der Waals surface area contributed by atoms with Crippen LogP contribution in [0.15, 0.2) is 29.4 Å². The summed E-state index contributed by atoms with van der Waals surface area (Å²) in [5.41, 5.74) is 2.55.